The third-order valence-corrected chi connectivity index (χ3v) is 10.4. The number of rotatable bonds is 41. The maximum absolute atomic E-state index is 12.4. The molecule has 0 rings (SSSR count). The lowest BCUT2D eigenvalue weighted by atomic mass is 10.0. The molecule has 1 N–H and O–H groups in total. The Morgan fingerprint density at radius 2 is 0.940 bits per heavy atom. The molecule has 8 heteroatoms. The van der Waals surface area contributed by atoms with Crippen molar-refractivity contribution in [2.45, 2.75) is 232 Å². The van der Waals surface area contributed by atoms with Gasteiger partial charge in [-0.2, -0.15) is 0 Å². The van der Waals surface area contributed by atoms with E-state index in [1.165, 1.54) is 161 Å². The van der Waals surface area contributed by atoms with Gasteiger partial charge in [0.05, 0.1) is 19.5 Å². The summed E-state index contributed by atoms with van der Waals surface area (Å²) in [5.41, 5.74) is 0. The van der Waals surface area contributed by atoms with Crippen molar-refractivity contribution >= 4 is 13.8 Å². The van der Waals surface area contributed by atoms with E-state index in [0.29, 0.717) is 12.8 Å². The maximum Gasteiger partial charge on any atom is 0.472 e. The highest BCUT2D eigenvalue weighted by Crippen LogP contribution is 2.43. The van der Waals surface area contributed by atoms with Crippen LogP contribution in [0.15, 0.2) is 12.3 Å². The minimum atomic E-state index is -4.18. The Morgan fingerprint density at radius 1 is 0.540 bits per heavy atom. The molecule has 0 saturated heterocycles. The molecular weight excluding hydrogens is 647 g/mol. The third-order valence-electron chi connectivity index (χ3n) is 9.39. The highest BCUT2D eigenvalue weighted by molar-refractivity contribution is 7.47. The van der Waals surface area contributed by atoms with Gasteiger partial charge in [0.25, 0.3) is 0 Å². The van der Waals surface area contributed by atoms with Gasteiger partial charge in [0, 0.05) is 6.42 Å². The molecule has 0 heterocycles. The van der Waals surface area contributed by atoms with Crippen LogP contribution < -0.4 is 0 Å². The predicted molar refractivity (Wildman–Crippen MR) is 211 cm³/mol. The minimum absolute atomic E-state index is 0.0332. The largest absolute Gasteiger partial charge is 0.492 e. The number of phosphoric acid groups is 1. The molecule has 0 bridgehead atoms. The van der Waals surface area contributed by atoms with Crippen LogP contribution in [0.1, 0.15) is 226 Å². The van der Waals surface area contributed by atoms with Crippen LogP contribution >= 0.6 is 7.82 Å². The lowest BCUT2D eigenvalue weighted by Gasteiger charge is -2.19. The lowest BCUT2D eigenvalue weighted by Crippen LogP contribution is -2.25. The van der Waals surface area contributed by atoms with E-state index in [0.717, 1.165) is 32.1 Å². The average Bonchev–Trinajstić information content (AvgIpc) is 3.11. The van der Waals surface area contributed by atoms with E-state index in [2.05, 4.69) is 13.8 Å². The van der Waals surface area contributed by atoms with Crippen molar-refractivity contribution in [2.75, 3.05) is 19.8 Å². The van der Waals surface area contributed by atoms with Crippen LogP contribution in [0.5, 0.6) is 0 Å². The van der Waals surface area contributed by atoms with Crippen molar-refractivity contribution in [2.24, 2.45) is 0 Å². The number of esters is 1. The highest BCUT2D eigenvalue weighted by atomic mass is 31.2. The second-order valence-electron chi connectivity index (χ2n) is 14.5. The van der Waals surface area contributed by atoms with Crippen molar-refractivity contribution in [3.63, 3.8) is 0 Å². The molecule has 0 saturated carbocycles. The summed E-state index contributed by atoms with van der Waals surface area (Å²) in [5.74, 6) is -0.269. The molecule has 2 atom stereocenters. The van der Waals surface area contributed by atoms with Crippen molar-refractivity contribution in [3.05, 3.63) is 12.3 Å². The zero-order valence-corrected chi connectivity index (χ0v) is 34.2. The van der Waals surface area contributed by atoms with Gasteiger partial charge in [-0.25, -0.2) is 4.57 Å². The molecule has 0 aliphatic carbocycles. The zero-order valence-electron chi connectivity index (χ0n) is 33.3. The Morgan fingerprint density at radius 3 is 1.36 bits per heavy atom. The molecule has 0 spiro atoms. The smallest absolute Gasteiger partial charge is 0.472 e. The first kappa shape index (κ1) is 49.1. The molecule has 0 aliphatic rings. The zero-order chi connectivity index (χ0) is 36.6. The average molecular weight is 731 g/mol. The first-order valence-electron chi connectivity index (χ1n) is 21.5. The van der Waals surface area contributed by atoms with Gasteiger partial charge in [0.2, 0.25) is 0 Å². The van der Waals surface area contributed by atoms with E-state index in [4.69, 9.17) is 18.5 Å². The minimum Gasteiger partial charge on any atom is -0.492 e. The molecule has 0 aromatic carbocycles. The van der Waals surface area contributed by atoms with Crippen LogP contribution in [0, 0.1) is 0 Å². The van der Waals surface area contributed by atoms with E-state index in [-0.39, 0.29) is 25.8 Å². The summed E-state index contributed by atoms with van der Waals surface area (Å²) in [5, 5.41) is 0. The number of carbonyl (C=O) groups excluding carboxylic acids is 1. The summed E-state index contributed by atoms with van der Waals surface area (Å²) in [4.78, 5) is 22.3. The van der Waals surface area contributed by atoms with Gasteiger partial charge in [-0.05, 0) is 31.8 Å². The van der Waals surface area contributed by atoms with Crippen molar-refractivity contribution in [1.82, 2.24) is 0 Å². The SMILES string of the molecule is CCCCCCCCCCCCCCCC/C=C\O[C@H](COC(=O)CCCCCCCCCCCCCCCCC)COP(=O)(O)OCCC. The summed E-state index contributed by atoms with van der Waals surface area (Å²) in [6.45, 7) is 6.29. The summed E-state index contributed by atoms with van der Waals surface area (Å²) in [7, 11) is -4.18. The number of ether oxygens (including phenoxy) is 2. The number of allylic oxidation sites excluding steroid dienone is 1. The van der Waals surface area contributed by atoms with Crippen LogP contribution in [0.2, 0.25) is 0 Å². The topological polar surface area (TPSA) is 91.3 Å². The first-order chi connectivity index (χ1) is 24.4. The predicted octanol–water partition coefficient (Wildman–Crippen LogP) is 14.1. The molecule has 0 aromatic rings. The van der Waals surface area contributed by atoms with Gasteiger partial charge < -0.3 is 14.4 Å². The van der Waals surface area contributed by atoms with Crippen LogP contribution in [0.3, 0.4) is 0 Å². The van der Waals surface area contributed by atoms with Crippen molar-refractivity contribution in [3.8, 4) is 0 Å². The molecule has 0 aliphatic heterocycles. The Balaban J connectivity index is 4.05. The van der Waals surface area contributed by atoms with Gasteiger partial charge in [-0.15, -0.1) is 0 Å². The Labute approximate surface area is 310 Å². The van der Waals surface area contributed by atoms with Gasteiger partial charge >= 0.3 is 13.8 Å². The fourth-order valence-electron chi connectivity index (χ4n) is 6.14. The van der Waals surface area contributed by atoms with Crippen LogP contribution in [0.25, 0.3) is 0 Å². The van der Waals surface area contributed by atoms with E-state index in [9.17, 15) is 14.3 Å². The maximum atomic E-state index is 12.4. The molecule has 0 fully saturated rings. The monoisotopic (exact) mass is 731 g/mol. The fourth-order valence-corrected chi connectivity index (χ4v) is 6.98. The molecular formula is C42H83O7P. The van der Waals surface area contributed by atoms with Crippen molar-refractivity contribution < 1.29 is 32.8 Å². The molecule has 50 heavy (non-hydrogen) atoms. The van der Waals surface area contributed by atoms with E-state index < -0.39 is 13.9 Å². The summed E-state index contributed by atoms with van der Waals surface area (Å²) < 4.78 is 33.5. The van der Waals surface area contributed by atoms with E-state index in [1.807, 2.05) is 13.0 Å². The first-order valence-corrected chi connectivity index (χ1v) is 23.0. The summed E-state index contributed by atoms with van der Waals surface area (Å²) >= 11 is 0. The van der Waals surface area contributed by atoms with E-state index >= 15 is 0 Å². The third kappa shape index (κ3) is 38.4. The quantitative estimate of drug-likeness (QED) is 0.0290. The number of phosphoric ester groups is 1. The normalized spacial score (nSPS) is 13.5. The second kappa shape index (κ2) is 39.3. The molecule has 0 radical (unpaired) electrons. The fraction of sp³-hybridized carbons (Fsp3) is 0.929. The Kier molecular flexibility index (Phi) is 38.6. The van der Waals surface area contributed by atoms with Crippen LogP contribution in [-0.4, -0.2) is 36.8 Å². The molecule has 0 aromatic heterocycles. The summed E-state index contributed by atoms with van der Waals surface area (Å²) in [6, 6.07) is 0. The molecule has 7 nitrogen and oxygen atoms in total. The molecule has 298 valence electrons. The van der Waals surface area contributed by atoms with Gasteiger partial charge in [-0.3, -0.25) is 13.8 Å². The van der Waals surface area contributed by atoms with Gasteiger partial charge in [-0.1, -0.05) is 194 Å². The second-order valence-corrected chi connectivity index (χ2v) is 15.9. The number of carbonyl (C=O) groups is 1. The standard InChI is InChI=1S/C42H83O7P/c1-4-7-9-11-13-15-17-19-21-23-25-27-29-31-33-35-38-46-41(40-49-50(44,45)48-37-6-3)39-47-42(43)36-34-32-30-28-26-24-22-20-18-16-14-12-10-8-5-2/h35,38,41H,4-34,36-37,39-40H2,1-3H3,(H,44,45)/b38-35-/t41-/m1/s1. The van der Waals surface area contributed by atoms with Gasteiger partial charge in [0.15, 0.2) is 6.10 Å². The lowest BCUT2D eigenvalue weighted by molar-refractivity contribution is -0.147. The number of unbranched alkanes of at least 4 members (excludes halogenated alkanes) is 28. The van der Waals surface area contributed by atoms with Crippen LogP contribution in [0.4, 0.5) is 0 Å². The Bertz CT molecular complexity index is 775. The van der Waals surface area contributed by atoms with Gasteiger partial charge in [0.1, 0.15) is 6.61 Å². The number of hydrogen-bond acceptors (Lipinski definition) is 6. The summed E-state index contributed by atoms with van der Waals surface area (Å²) in [6.07, 6.45) is 42.7. The van der Waals surface area contributed by atoms with Crippen LogP contribution in [-0.2, 0) is 27.9 Å². The van der Waals surface area contributed by atoms with Crippen molar-refractivity contribution in [1.29, 1.82) is 0 Å². The van der Waals surface area contributed by atoms with E-state index in [1.54, 1.807) is 6.26 Å². The molecule has 0 amide bonds. The number of hydrogen-bond donors (Lipinski definition) is 1. The molecule has 1 unspecified atom stereocenters. The highest BCUT2D eigenvalue weighted by Gasteiger charge is 2.24. The Hall–Kier alpha value is -0.880.